The molecule has 7 heavy (non-hydrogen) atoms. The van der Waals surface area contributed by atoms with Crippen molar-refractivity contribution < 1.29 is 14.7 Å². The maximum atomic E-state index is 7.23. The van der Waals surface area contributed by atoms with Gasteiger partial charge in [-0.05, 0) is 11.0 Å². The Morgan fingerprint density at radius 3 is 1.00 bits per heavy atom. The largest absolute Gasteiger partial charge is 0.316 e. The molecule has 0 bridgehead atoms. The van der Waals surface area contributed by atoms with Gasteiger partial charge in [0.15, 0.2) is 0 Å². The van der Waals surface area contributed by atoms with Crippen LogP contribution < -0.4 is 0 Å². The number of rotatable bonds is 0. The van der Waals surface area contributed by atoms with Crippen LogP contribution in [0.5, 0.6) is 0 Å². The molecule has 3 N–H and O–H groups in total. The zero-order valence-electron chi connectivity index (χ0n) is 1.79. The fraction of sp³-hybridized carbons (Fsp3) is 0. The molecule has 0 atom stereocenters. The summed E-state index contributed by atoms with van der Waals surface area (Å²) in [5.74, 6) is 0. The standard InChI is InChI=1S/Ca.Mg.H3O3P.H4Si.4H/c;;1-4(2)3;;;;;/h;;1-3H;1H4;;;;. The minimum atomic E-state index is -2.62. The van der Waals surface area contributed by atoms with E-state index in [9.17, 15) is 0 Å². The first kappa shape index (κ1) is 22.7. The average Bonchev–Trinajstić information content (AvgIpc) is 0.811. The van der Waals surface area contributed by atoms with Crippen molar-refractivity contribution in [3.05, 3.63) is 0 Å². The van der Waals surface area contributed by atoms with Crippen LogP contribution in [0.1, 0.15) is 0 Å². The van der Waals surface area contributed by atoms with Gasteiger partial charge in [0.05, 0.1) is 0 Å². The molecule has 0 aliphatic carbocycles. The SMILES string of the molecule is OP(O)O.[CaH2].[MgH2].[SiH4]. The van der Waals surface area contributed by atoms with Gasteiger partial charge < -0.3 is 14.7 Å². The van der Waals surface area contributed by atoms with E-state index in [2.05, 4.69) is 0 Å². The van der Waals surface area contributed by atoms with Crippen molar-refractivity contribution in [2.75, 3.05) is 0 Å². The summed E-state index contributed by atoms with van der Waals surface area (Å²) in [4.78, 5) is 21.7. The molecule has 0 aromatic rings. The molecule has 0 fully saturated rings. The van der Waals surface area contributed by atoms with E-state index in [0.717, 1.165) is 0 Å². The van der Waals surface area contributed by atoms with Gasteiger partial charge in [0.1, 0.15) is 0 Å². The zero-order valence-corrected chi connectivity index (χ0v) is 2.68. The van der Waals surface area contributed by atoms with E-state index < -0.39 is 8.60 Å². The van der Waals surface area contributed by atoms with E-state index in [1.54, 1.807) is 0 Å². The molecule has 0 rings (SSSR count). The van der Waals surface area contributed by atoms with E-state index in [-0.39, 0.29) is 71.8 Å². The van der Waals surface area contributed by atoms with Crippen LogP contribution in [0.3, 0.4) is 0 Å². The molecule has 0 heterocycles. The number of hydrogen-bond donors (Lipinski definition) is 3. The van der Waals surface area contributed by atoms with Crippen molar-refractivity contribution in [1.29, 1.82) is 0 Å². The topological polar surface area (TPSA) is 60.7 Å². The van der Waals surface area contributed by atoms with Gasteiger partial charge in [-0.1, -0.05) is 0 Å². The molecular weight excluding hydrogens is 171 g/mol. The van der Waals surface area contributed by atoms with Crippen molar-refractivity contribution in [3.63, 3.8) is 0 Å². The van der Waals surface area contributed by atoms with Crippen molar-refractivity contribution in [2.24, 2.45) is 0 Å². The third-order valence-electron chi connectivity index (χ3n) is 0. The Balaban J connectivity index is -0.0000000150. The van der Waals surface area contributed by atoms with Gasteiger partial charge in [-0.25, -0.2) is 0 Å². The van der Waals surface area contributed by atoms with Gasteiger partial charge in [-0.15, -0.1) is 0 Å². The molecule has 0 spiro atoms. The van der Waals surface area contributed by atoms with Crippen LogP contribution in [-0.4, -0.2) is 86.4 Å². The molecule has 0 aliphatic heterocycles. The minimum absolute atomic E-state index is 0. The zero-order chi connectivity index (χ0) is 3.58. The van der Waals surface area contributed by atoms with Gasteiger partial charge in [-0.3, -0.25) is 0 Å². The molecule has 0 aromatic heterocycles. The van der Waals surface area contributed by atoms with Crippen LogP contribution in [0.2, 0.25) is 0 Å². The normalized spacial score (nSPS) is 5.14. The van der Waals surface area contributed by atoms with Crippen LogP contribution in [0.4, 0.5) is 0 Å². The maximum Gasteiger partial charge on any atom is 0.316 e. The van der Waals surface area contributed by atoms with Gasteiger partial charge >= 0.3 is 69.4 Å². The summed E-state index contributed by atoms with van der Waals surface area (Å²) in [5.41, 5.74) is 0. The molecule has 0 aromatic carbocycles. The molecule has 0 unspecified atom stereocenters. The first-order valence-corrected chi connectivity index (χ1v) is 1.80. The Labute approximate surface area is 93.7 Å². The first-order valence-electron chi connectivity index (χ1n) is 0.600. The van der Waals surface area contributed by atoms with Crippen LogP contribution in [0.15, 0.2) is 0 Å². The molecule has 7 heteroatoms. The fourth-order valence-corrected chi connectivity index (χ4v) is 0. The summed E-state index contributed by atoms with van der Waals surface area (Å²) in [5, 5.41) is 0. The van der Waals surface area contributed by atoms with E-state index in [1.165, 1.54) is 0 Å². The summed E-state index contributed by atoms with van der Waals surface area (Å²) in [6, 6.07) is 0. The molecule has 3 nitrogen and oxygen atoms in total. The minimum Gasteiger partial charge on any atom is -0.0149 e. The summed E-state index contributed by atoms with van der Waals surface area (Å²) in [7, 11) is -2.62. The molecule has 0 saturated heterocycles. The Hall–Kier alpha value is 2.55. The smallest absolute Gasteiger partial charge is 0.0149 e. The quantitative estimate of drug-likeness (QED) is 0.264. The third-order valence-corrected chi connectivity index (χ3v) is 0. The predicted molar refractivity (Wildman–Crippen MR) is 42.0 cm³/mol. The summed E-state index contributed by atoms with van der Waals surface area (Å²) < 4.78 is 0. The predicted octanol–water partition coefficient (Wildman–Crippen LogP) is -4.09. The monoisotopic (exact) mass is 182 g/mol. The Bertz CT molecular complexity index is 19.7. The fourth-order valence-electron chi connectivity index (χ4n) is 0. The van der Waals surface area contributed by atoms with Crippen LogP contribution in [0.25, 0.3) is 0 Å². The molecule has 0 radical (unpaired) electrons. The van der Waals surface area contributed by atoms with Crippen molar-refractivity contribution in [3.8, 4) is 0 Å². The average molecular weight is 183 g/mol. The first-order chi connectivity index (χ1) is 1.73. The van der Waals surface area contributed by atoms with E-state index >= 15 is 0 Å². The van der Waals surface area contributed by atoms with E-state index in [1.807, 2.05) is 0 Å². The summed E-state index contributed by atoms with van der Waals surface area (Å²) >= 11 is 0. The Morgan fingerprint density at radius 2 is 1.00 bits per heavy atom. The molecular formula is H11CaMgO3PSi. The van der Waals surface area contributed by atoms with E-state index in [0.29, 0.717) is 0 Å². The Morgan fingerprint density at radius 1 is 1.00 bits per heavy atom. The van der Waals surface area contributed by atoms with Crippen LogP contribution in [-0.2, 0) is 0 Å². The van der Waals surface area contributed by atoms with Crippen molar-refractivity contribution in [1.82, 2.24) is 0 Å². The summed E-state index contributed by atoms with van der Waals surface area (Å²) in [6.45, 7) is 0. The van der Waals surface area contributed by atoms with Crippen LogP contribution in [0, 0.1) is 0 Å². The third kappa shape index (κ3) is 56.4. The second kappa shape index (κ2) is 15.8. The second-order valence-electron chi connectivity index (χ2n) is 0.268. The molecule has 0 saturated carbocycles. The molecule has 0 amide bonds. The van der Waals surface area contributed by atoms with Crippen LogP contribution >= 0.6 is 8.60 Å². The molecule has 42 valence electrons. The molecule has 0 aliphatic rings. The van der Waals surface area contributed by atoms with Gasteiger partial charge in [0, 0.05) is 0 Å². The summed E-state index contributed by atoms with van der Waals surface area (Å²) in [6.07, 6.45) is 0. The number of hydrogen-bond acceptors (Lipinski definition) is 3. The second-order valence-corrected chi connectivity index (χ2v) is 0.805. The van der Waals surface area contributed by atoms with E-state index in [4.69, 9.17) is 14.7 Å². The van der Waals surface area contributed by atoms with Gasteiger partial charge in [0.2, 0.25) is 0 Å². The van der Waals surface area contributed by atoms with Crippen molar-refractivity contribution >= 4 is 80.4 Å². The van der Waals surface area contributed by atoms with Crippen molar-refractivity contribution in [2.45, 2.75) is 0 Å². The van der Waals surface area contributed by atoms with Gasteiger partial charge in [0.25, 0.3) is 0 Å². The van der Waals surface area contributed by atoms with Gasteiger partial charge in [-0.2, -0.15) is 0 Å². The maximum absolute atomic E-state index is 7.23. The Kier molecular flexibility index (Phi) is 51.2.